The van der Waals surface area contributed by atoms with Gasteiger partial charge in [-0.2, -0.15) is 0 Å². The summed E-state index contributed by atoms with van der Waals surface area (Å²) in [6.07, 6.45) is 13.2. The Bertz CT molecular complexity index is 1510. The molecule has 7 aliphatic rings. The normalized spacial score (nSPS) is 34.6. The molecule has 5 aliphatic heterocycles. The zero-order valence-electron chi connectivity index (χ0n) is 41.0. The van der Waals surface area contributed by atoms with Gasteiger partial charge in [0.2, 0.25) is 17.7 Å². The predicted octanol–water partition coefficient (Wildman–Crippen LogP) is 1.85. The van der Waals surface area contributed by atoms with E-state index in [-0.39, 0.29) is 37.3 Å². The molecule has 3 amide bonds. The molecule has 0 aromatic rings. The summed E-state index contributed by atoms with van der Waals surface area (Å²) in [5.41, 5.74) is 3.04. The number of carbonyl (C=O) groups excluding carboxylic acids is 3. The number of rotatable bonds is 20. The SMILES string of the molecule is CCC(CC)C1CC(N[C@H]2CC[C@H](NCCN3CCN(CCOCC(=O)N[C@H](C(=O)N4C[C@H](O)C[C@H]4C(=O)NCC4CCC(C5SCNC5C)CC4)C(C)(C)C)CC3)C2)N2NCCC2N1. The molecular formula is C48H89N11O5S. The van der Waals surface area contributed by atoms with E-state index in [9.17, 15) is 19.5 Å². The minimum atomic E-state index is -0.865. The summed E-state index contributed by atoms with van der Waals surface area (Å²) in [5, 5.41) is 35.3. The molecule has 5 unspecified atom stereocenters. The Hall–Kier alpha value is -1.64. The molecule has 8 N–H and O–H groups in total. The quantitative estimate of drug-likeness (QED) is 0.0831. The molecule has 5 saturated heterocycles. The number of piperazine rings is 1. The summed E-state index contributed by atoms with van der Waals surface area (Å²) in [7, 11) is 0. The molecule has 2 aliphatic carbocycles. The third-order valence-electron chi connectivity index (χ3n) is 16.2. The van der Waals surface area contributed by atoms with E-state index in [0.717, 1.165) is 89.3 Å². The standard InChI is InChI=1S/C48H89N11O5S/c1-7-34(8-2)39-27-42(59-41(54-39)15-16-52-59)53-37-14-13-36(25-37)49-17-18-56-19-21-57(22-20-56)23-24-64-30-43(61)55-45(48(4,5)6)47(63)58-29-38(60)26-40(58)46(62)50-28-33-9-11-35(12-10-33)44-32(3)51-31-65-44/h32-42,44-45,49,51-54,60H,7-31H2,1-6H3,(H,50,62)(H,55,61)/t32?,33?,35?,36-,37-,38+,39?,40-,41?,42?,44?,45+/m0/s1. The molecule has 10 atom stereocenters. The number of nitrogens with one attached hydrogen (secondary N) is 7. The van der Waals surface area contributed by atoms with Gasteiger partial charge in [0.1, 0.15) is 18.7 Å². The molecule has 16 nitrogen and oxygen atoms in total. The van der Waals surface area contributed by atoms with Gasteiger partial charge in [0.25, 0.3) is 0 Å². The first kappa shape index (κ1) is 51.2. The van der Waals surface area contributed by atoms with Crippen LogP contribution in [0.5, 0.6) is 0 Å². The lowest BCUT2D eigenvalue weighted by molar-refractivity contribution is -0.144. The second-order valence-corrected chi connectivity index (χ2v) is 23.0. The number of aliphatic hydroxyl groups excluding tert-OH is 1. The predicted molar refractivity (Wildman–Crippen MR) is 259 cm³/mol. The molecule has 0 bridgehead atoms. The lowest BCUT2D eigenvalue weighted by atomic mass is 9.79. The first-order valence-electron chi connectivity index (χ1n) is 26.0. The maximum atomic E-state index is 14.1. The van der Waals surface area contributed by atoms with Crippen LogP contribution in [0.15, 0.2) is 0 Å². The molecular weight excluding hydrogens is 843 g/mol. The molecule has 2 saturated carbocycles. The van der Waals surface area contributed by atoms with Gasteiger partial charge < -0.3 is 36.0 Å². The molecule has 0 aromatic heterocycles. The third kappa shape index (κ3) is 14.0. The summed E-state index contributed by atoms with van der Waals surface area (Å²) >= 11 is 2.04. The first-order chi connectivity index (χ1) is 31.3. The van der Waals surface area contributed by atoms with Crippen LogP contribution in [0.1, 0.15) is 119 Å². The van der Waals surface area contributed by atoms with Crippen LogP contribution in [-0.2, 0) is 19.1 Å². The Morgan fingerprint density at radius 3 is 2.32 bits per heavy atom. The van der Waals surface area contributed by atoms with Crippen molar-refractivity contribution < 1.29 is 24.2 Å². The highest BCUT2D eigenvalue weighted by Gasteiger charge is 2.45. The molecule has 372 valence electrons. The largest absolute Gasteiger partial charge is 0.391 e. The smallest absolute Gasteiger partial charge is 0.246 e. The van der Waals surface area contributed by atoms with E-state index < -0.39 is 23.6 Å². The third-order valence-corrected chi connectivity index (χ3v) is 17.7. The zero-order chi connectivity index (χ0) is 46.1. The second kappa shape index (κ2) is 24.3. The molecule has 7 rings (SSSR count). The summed E-state index contributed by atoms with van der Waals surface area (Å²) in [6.45, 7) is 21.5. The van der Waals surface area contributed by atoms with Crippen LogP contribution in [0.2, 0.25) is 0 Å². The van der Waals surface area contributed by atoms with E-state index in [1.165, 1.54) is 56.3 Å². The van der Waals surface area contributed by atoms with Crippen LogP contribution in [0.3, 0.4) is 0 Å². The lowest BCUT2D eigenvalue weighted by Crippen LogP contribution is -2.66. The van der Waals surface area contributed by atoms with Crippen molar-refractivity contribution in [1.82, 2.24) is 57.0 Å². The minimum absolute atomic E-state index is 0.0736. The highest BCUT2D eigenvalue weighted by Crippen LogP contribution is 2.39. The number of nitrogens with zero attached hydrogens (tertiary/aromatic N) is 4. The number of ether oxygens (including phenoxy) is 1. The van der Waals surface area contributed by atoms with E-state index >= 15 is 0 Å². The van der Waals surface area contributed by atoms with Gasteiger partial charge in [-0.25, -0.2) is 5.01 Å². The van der Waals surface area contributed by atoms with Crippen molar-refractivity contribution in [1.29, 1.82) is 0 Å². The summed E-state index contributed by atoms with van der Waals surface area (Å²) in [4.78, 5) is 47.3. The number of amides is 3. The Labute approximate surface area is 395 Å². The van der Waals surface area contributed by atoms with Crippen molar-refractivity contribution in [3.05, 3.63) is 0 Å². The Morgan fingerprint density at radius 1 is 0.908 bits per heavy atom. The number of fused-ring (bicyclic) bond motifs is 1. The number of thioether (sulfide) groups is 1. The molecule has 17 heteroatoms. The van der Waals surface area contributed by atoms with Gasteiger partial charge in [-0.3, -0.25) is 40.2 Å². The lowest BCUT2D eigenvalue weighted by Gasteiger charge is -2.45. The van der Waals surface area contributed by atoms with Crippen LogP contribution in [0.25, 0.3) is 0 Å². The molecule has 5 heterocycles. The minimum Gasteiger partial charge on any atom is -0.391 e. The van der Waals surface area contributed by atoms with E-state index in [4.69, 9.17) is 4.74 Å². The number of β-amino-alcohol motifs (C(OH)–C–C–N with tert-alkyl or cyclic N) is 1. The number of carbonyl (C=O) groups is 3. The maximum Gasteiger partial charge on any atom is 0.246 e. The van der Waals surface area contributed by atoms with Gasteiger partial charge in [0, 0.05) is 107 Å². The van der Waals surface area contributed by atoms with Crippen LogP contribution in [0.4, 0.5) is 0 Å². The number of hydrogen-bond acceptors (Lipinski definition) is 14. The maximum absolute atomic E-state index is 14.1. The van der Waals surface area contributed by atoms with Crippen molar-refractivity contribution in [2.24, 2.45) is 23.2 Å². The molecule has 0 aromatic carbocycles. The van der Waals surface area contributed by atoms with Gasteiger partial charge in [0.05, 0.1) is 25.0 Å². The molecule has 0 spiro atoms. The van der Waals surface area contributed by atoms with Crippen molar-refractivity contribution >= 4 is 29.5 Å². The monoisotopic (exact) mass is 932 g/mol. The van der Waals surface area contributed by atoms with Gasteiger partial charge in [-0.1, -0.05) is 47.5 Å². The molecule has 0 radical (unpaired) electrons. The fourth-order valence-corrected chi connectivity index (χ4v) is 13.7. The van der Waals surface area contributed by atoms with Crippen molar-refractivity contribution in [2.45, 2.75) is 179 Å². The Morgan fingerprint density at radius 2 is 1.63 bits per heavy atom. The van der Waals surface area contributed by atoms with Crippen LogP contribution in [-0.4, -0.2) is 187 Å². The summed E-state index contributed by atoms with van der Waals surface area (Å²) in [6, 6.07) is 0.646. The highest BCUT2D eigenvalue weighted by molar-refractivity contribution is 8.00. The topological polar surface area (TPSA) is 178 Å². The zero-order valence-corrected chi connectivity index (χ0v) is 41.8. The molecule has 7 fully saturated rings. The van der Waals surface area contributed by atoms with Gasteiger partial charge in [-0.05, 0) is 87.9 Å². The Balaban J connectivity index is 0.752. The number of hydrazine groups is 1. The summed E-state index contributed by atoms with van der Waals surface area (Å²) < 4.78 is 5.85. The average Bonchev–Trinajstić information content (AvgIpc) is 4.12. The van der Waals surface area contributed by atoms with Crippen LogP contribution < -0.4 is 37.3 Å². The van der Waals surface area contributed by atoms with Crippen molar-refractivity contribution in [3.8, 4) is 0 Å². The van der Waals surface area contributed by atoms with E-state index in [0.29, 0.717) is 60.8 Å². The fourth-order valence-electron chi connectivity index (χ4n) is 12.2. The number of aliphatic hydroxyl groups is 1. The van der Waals surface area contributed by atoms with E-state index in [1.807, 2.05) is 32.5 Å². The average molecular weight is 932 g/mol. The van der Waals surface area contributed by atoms with Gasteiger partial charge in [0.15, 0.2) is 0 Å². The number of hydrogen-bond donors (Lipinski definition) is 8. The van der Waals surface area contributed by atoms with Crippen LogP contribution >= 0.6 is 11.8 Å². The summed E-state index contributed by atoms with van der Waals surface area (Å²) in [5.74, 6) is 2.00. The highest BCUT2D eigenvalue weighted by atomic mass is 32.2. The van der Waals surface area contributed by atoms with E-state index in [2.05, 4.69) is 72.9 Å². The van der Waals surface area contributed by atoms with E-state index in [1.54, 1.807) is 0 Å². The van der Waals surface area contributed by atoms with Gasteiger partial charge >= 0.3 is 0 Å². The second-order valence-electron chi connectivity index (χ2n) is 21.8. The van der Waals surface area contributed by atoms with Crippen molar-refractivity contribution in [3.63, 3.8) is 0 Å². The van der Waals surface area contributed by atoms with Gasteiger partial charge in [-0.15, -0.1) is 11.8 Å². The number of likely N-dealkylation sites (tertiary alicyclic amines) is 1. The first-order valence-corrected chi connectivity index (χ1v) is 27.0. The van der Waals surface area contributed by atoms with Crippen molar-refractivity contribution in [2.75, 3.05) is 84.5 Å². The molecule has 65 heavy (non-hydrogen) atoms. The fraction of sp³-hybridized carbons (Fsp3) is 0.938. The Kier molecular flexibility index (Phi) is 19.1. The van der Waals surface area contributed by atoms with Crippen LogP contribution in [0, 0.1) is 23.2 Å².